The van der Waals surface area contributed by atoms with Crippen LogP contribution in [0.25, 0.3) is 5.70 Å². The average molecular weight is 405 g/mol. The molecule has 0 atom stereocenters. The summed E-state index contributed by atoms with van der Waals surface area (Å²) in [5.74, 6) is 0. The van der Waals surface area contributed by atoms with Crippen molar-refractivity contribution in [3.8, 4) is 12.1 Å². The molecule has 0 saturated carbocycles. The van der Waals surface area contributed by atoms with Gasteiger partial charge in [-0.1, -0.05) is 66.7 Å². The lowest BCUT2D eigenvalue weighted by molar-refractivity contribution is 1.19. The van der Waals surface area contributed by atoms with Crippen molar-refractivity contribution < 1.29 is 0 Å². The molecule has 4 rings (SSSR count). The van der Waals surface area contributed by atoms with Crippen molar-refractivity contribution >= 4 is 28.8 Å². The van der Waals surface area contributed by atoms with Crippen molar-refractivity contribution in [3.63, 3.8) is 0 Å². The van der Waals surface area contributed by atoms with Gasteiger partial charge in [0.15, 0.2) is 5.57 Å². The fourth-order valence-electron chi connectivity index (χ4n) is 3.00. The minimum absolute atomic E-state index is 0.0298. The Labute approximate surface area is 178 Å². The molecule has 0 aliphatic carbocycles. The lowest BCUT2D eigenvalue weighted by atomic mass is 10.1. The van der Waals surface area contributed by atoms with Gasteiger partial charge in [0.2, 0.25) is 0 Å². The fraction of sp³-hybridized carbons (Fsp3) is 0. The van der Waals surface area contributed by atoms with E-state index in [9.17, 15) is 10.5 Å². The molecule has 1 heterocycles. The Bertz CT molecular complexity index is 1200. The Hall–Kier alpha value is -4.13. The molecule has 0 amide bonds. The maximum atomic E-state index is 9.56. The van der Waals surface area contributed by atoms with Crippen molar-refractivity contribution in [3.05, 3.63) is 112 Å². The van der Waals surface area contributed by atoms with Gasteiger partial charge in [-0.2, -0.15) is 10.5 Å². The summed E-state index contributed by atoms with van der Waals surface area (Å²) in [6.45, 7) is 0. The number of thioether (sulfide) groups is 1. The molecule has 0 radical (unpaired) electrons. The van der Waals surface area contributed by atoms with Crippen molar-refractivity contribution in [1.29, 1.82) is 10.5 Å². The molecule has 1 aliphatic heterocycles. The third-order valence-corrected chi connectivity index (χ3v) is 5.38. The van der Waals surface area contributed by atoms with E-state index in [4.69, 9.17) is 0 Å². The van der Waals surface area contributed by atoms with E-state index in [0.29, 0.717) is 10.1 Å². The van der Waals surface area contributed by atoms with Gasteiger partial charge in [0.05, 0.1) is 11.4 Å². The van der Waals surface area contributed by atoms with Crippen LogP contribution in [0.3, 0.4) is 0 Å². The smallest absolute Gasteiger partial charge is 0.160 e. The van der Waals surface area contributed by atoms with Gasteiger partial charge in [-0.25, -0.2) is 0 Å². The van der Waals surface area contributed by atoms with Crippen molar-refractivity contribution in [1.82, 2.24) is 0 Å². The van der Waals surface area contributed by atoms with Crippen molar-refractivity contribution in [2.75, 3.05) is 4.90 Å². The van der Waals surface area contributed by atoms with E-state index in [1.807, 2.05) is 108 Å². The van der Waals surface area contributed by atoms with Gasteiger partial charge in [0.1, 0.15) is 22.2 Å². The van der Waals surface area contributed by atoms with Gasteiger partial charge in [-0.15, -0.1) is 10.2 Å². The quantitative estimate of drug-likeness (QED) is 0.361. The fourth-order valence-corrected chi connectivity index (χ4v) is 4.06. The molecule has 30 heavy (non-hydrogen) atoms. The number of nitriles is 2. The first kappa shape index (κ1) is 19.2. The van der Waals surface area contributed by atoms with Crippen LogP contribution >= 0.6 is 11.8 Å². The first-order valence-corrected chi connectivity index (χ1v) is 9.97. The standard InChI is InChI=1S/C24H15N5S/c25-16-19(17-26)24-29(21-14-8-3-9-15-21)22(18-10-4-1-5-11-18)23(30-24)28-27-20-12-6-2-7-13-20/h1-15H. The van der Waals surface area contributed by atoms with E-state index in [0.717, 1.165) is 22.6 Å². The van der Waals surface area contributed by atoms with Crippen LogP contribution < -0.4 is 4.90 Å². The summed E-state index contributed by atoms with van der Waals surface area (Å²) in [4.78, 5) is 1.90. The topological polar surface area (TPSA) is 75.5 Å². The molecule has 0 N–H and O–H groups in total. The molecule has 0 unspecified atom stereocenters. The van der Waals surface area contributed by atoms with E-state index in [1.165, 1.54) is 11.8 Å². The van der Waals surface area contributed by atoms with Crippen LogP contribution in [0.1, 0.15) is 5.56 Å². The van der Waals surface area contributed by atoms with Gasteiger partial charge in [0.25, 0.3) is 0 Å². The van der Waals surface area contributed by atoms with Crippen LogP contribution in [0.4, 0.5) is 11.4 Å². The highest BCUT2D eigenvalue weighted by molar-refractivity contribution is 8.07. The molecule has 0 fully saturated rings. The molecule has 0 saturated heterocycles. The number of rotatable bonds is 4. The van der Waals surface area contributed by atoms with E-state index in [2.05, 4.69) is 10.2 Å². The Kier molecular flexibility index (Phi) is 5.70. The molecular weight excluding hydrogens is 390 g/mol. The summed E-state index contributed by atoms with van der Waals surface area (Å²) in [6, 6.07) is 32.9. The molecule has 0 aromatic heterocycles. The Morgan fingerprint density at radius 2 is 1.30 bits per heavy atom. The lowest BCUT2D eigenvalue weighted by Gasteiger charge is -2.23. The Morgan fingerprint density at radius 1 is 0.733 bits per heavy atom. The zero-order chi connectivity index (χ0) is 20.8. The summed E-state index contributed by atoms with van der Waals surface area (Å²) in [5, 5.41) is 29.1. The highest BCUT2D eigenvalue weighted by atomic mass is 32.2. The molecule has 1 aliphatic rings. The van der Waals surface area contributed by atoms with Gasteiger partial charge < -0.3 is 0 Å². The van der Waals surface area contributed by atoms with Gasteiger partial charge in [-0.3, -0.25) is 4.90 Å². The average Bonchev–Trinajstić information content (AvgIpc) is 3.19. The normalized spacial score (nSPS) is 13.4. The molecule has 3 aromatic rings. The van der Waals surface area contributed by atoms with Crippen LogP contribution in [0, 0.1) is 22.7 Å². The molecule has 5 nitrogen and oxygen atoms in total. The molecule has 0 spiro atoms. The highest BCUT2D eigenvalue weighted by Crippen LogP contribution is 2.50. The summed E-state index contributed by atoms with van der Waals surface area (Å²) >= 11 is 1.27. The monoisotopic (exact) mass is 405 g/mol. The number of nitrogens with zero attached hydrogens (tertiary/aromatic N) is 5. The predicted molar refractivity (Wildman–Crippen MR) is 119 cm³/mol. The number of anilines is 1. The number of para-hydroxylation sites is 1. The third-order valence-electron chi connectivity index (χ3n) is 4.33. The van der Waals surface area contributed by atoms with Crippen molar-refractivity contribution in [2.24, 2.45) is 10.2 Å². The first-order valence-electron chi connectivity index (χ1n) is 9.16. The Morgan fingerprint density at radius 3 is 1.90 bits per heavy atom. The second-order valence-electron chi connectivity index (χ2n) is 6.23. The number of azo groups is 1. The van der Waals surface area contributed by atoms with Crippen LogP contribution in [0.2, 0.25) is 0 Å². The second kappa shape index (κ2) is 8.91. The number of allylic oxidation sites excluding steroid dienone is 1. The summed E-state index contributed by atoms with van der Waals surface area (Å²) < 4.78 is 0. The van der Waals surface area contributed by atoms with Gasteiger partial charge >= 0.3 is 0 Å². The summed E-state index contributed by atoms with van der Waals surface area (Å²) in [6.07, 6.45) is 0. The number of benzene rings is 3. The molecule has 0 bridgehead atoms. The van der Waals surface area contributed by atoms with Gasteiger partial charge in [0, 0.05) is 11.3 Å². The number of hydrogen-bond donors (Lipinski definition) is 0. The minimum atomic E-state index is 0.0298. The molecule has 6 heteroatoms. The number of hydrogen-bond acceptors (Lipinski definition) is 6. The van der Waals surface area contributed by atoms with E-state index in [-0.39, 0.29) is 5.57 Å². The first-order chi connectivity index (χ1) is 14.8. The SMILES string of the molecule is N#CC(C#N)=C1SC(N=Nc2ccccc2)=C(c2ccccc2)N1c1ccccc1. The predicted octanol–water partition coefficient (Wildman–Crippen LogP) is 6.61. The van der Waals surface area contributed by atoms with Crippen LogP contribution in [0.15, 0.2) is 117 Å². The largest absolute Gasteiger partial charge is 0.299 e. The van der Waals surface area contributed by atoms with Crippen LogP contribution in [0.5, 0.6) is 0 Å². The minimum Gasteiger partial charge on any atom is -0.299 e. The maximum absolute atomic E-state index is 9.56. The molecular formula is C24H15N5S. The molecule has 142 valence electrons. The zero-order valence-corrected chi connectivity index (χ0v) is 16.6. The Balaban J connectivity index is 1.93. The zero-order valence-electron chi connectivity index (χ0n) is 15.8. The second-order valence-corrected chi connectivity index (χ2v) is 7.21. The highest BCUT2D eigenvalue weighted by Gasteiger charge is 2.33. The lowest BCUT2D eigenvalue weighted by Crippen LogP contribution is -2.17. The van der Waals surface area contributed by atoms with E-state index in [1.54, 1.807) is 0 Å². The van der Waals surface area contributed by atoms with Crippen LogP contribution in [-0.2, 0) is 0 Å². The molecule has 3 aromatic carbocycles. The van der Waals surface area contributed by atoms with Crippen molar-refractivity contribution in [2.45, 2.75) is 0 Å². The summed E-state index contributed by atoms with van der Waals surface area (Å²) in [7, 11) is 0. The van der Waals surface area contributed by atoms with E-state index >= 15 is 0 Å². The summed E-state index contributed by atoms with van der Waals surface area (Å²) in [5.41, 5.74) is 3.29. The third kappa shape index (κ3) is 3.86. The van der Waals surface area contributed by atoms with E-state index < -0.39 is 0 Å². The van der Waals surface area contributed by atoms with Gasteiger partial charge in [-0.05, 0) is 36.0 Å². The maximum Gasteiger partial charge on any atom is 0.160 e. The van der Waals surface area contributed by atoms with Crippen LogP contribution in [-0.4, -0.2) is 0 Å².